The van der Waals surface area contributed by atoms with E-state index < -0.39 is 0 Å². The fraction of sp³-hybridized carbons (Fsp3) is 0.400. The largest absolute Gasteiger partial charge is 0.320 e. The van der Waals surface area contributed by atoms with Crippen molar-refractivity contribution in [3.63, 3.8) is 0 Å². The summed E-state index contributed by atoms with van der Waals surface area (Å²) in [5, 5.41) is 3.28. The molecule has 0 saturated carbocycles. The van der Waals surface area contributed by atoms with Crippen LogP contribution in [0.1, 0.15) is 54.4 Å². The smallest absolute Gasteiger partial charge is 0.0101 e. The van der Waals surface area contributed by atoms with Gasteiger partial charge in [0.15, 0.2) is 0 Å². The van der Waals surface area contributed by atoms with Crippen molar-refractivity contribution in [3.05, 3.63) is 70.8 Å². The van der Waals surface area contributed by atoms with E-state index in [1.54, 1.807) is 0 Å². The molecule has 0 amide bonds. The van der Waals surface area contributed by atoms with Crippen LogP contribution in [0.3, 0.4) is 0 Å². The van der Waals surface area contributed by atoms with Gasteiger partial charge in [-0.25, -0.2) is 0 Å². The minimum Gasteiger partial charge on any atom is -0.320 e. The van der Waals surface area contributed by atoms with Crippen LogP contribution in [0.4, 0.5) is 0 Å². The second kappa shape index (κ2) is 7.42. The Labute approximate surface area is 129 Å². The summed E-state index contributed by atoms with van der Waals surface area (Å²) in [5.41, 5.74) is 5.58. The Balaban J connectivity index is 2.31. The third-order valence-electron chi connectivity index (χ3n) is 4.13. The molecule has 1 nitrogen and oxygen atoms in total. The first-order chi connectivity index (χ1) is 10.1. The SMILES string of the molecule is CNCCC(c1ccc(C(C)C)cc1)c1cccc(C)c1. The van der Waals surface area contributed by atoms with Crippen LogP contribution in [0, 0.1) is 6.92 Å². The summed E-state index contributed by atoms with van der Waals surface area (Å²) in [6.45, 7) is 7.69. The molecule has 1 N–H and O–H groups in total. The highest BCUT2D eigenvalue weighted by atomic mass is 14.8. The molecule has 0 aliphatic carbocycles. The van der Waals surface area contributed by atoms with E-state index in [2.05, 4.69) is 74.6 Å². The average molecular weight is 281 g/mol. The molecule has 0 fully saturated rings. The highest BCUT2D eigenvalue weighted by molar-refractivity contribution is 5.36. The van der Waals surface area contributed by atoms with Gasteiger partial charge in [0.2, 0.25) is 0 Å². The number of hydrogen-bond donors (Lipinski definition) is 1. The Morgan fingerprint density at radius 2 is 1.57 bits per heavy atom. The lowest BCUT2D eigenvalue weighted by Gasteiger charge is -2.19. The first-order valence-electron chi connectivity index (χ1n) is 7.93. The lowest BCUT2D eigenvalue weighted by Crippen LogP contribution is -2.13. The summed E-state index contributed by atoms with van der Waals surface area (Å²) in [4.78, 5) is 0. The van der Waals surface area contributed by atoms with E-state index in [1.807, 2.05) is 7.05 Å². The van der Waals surface area contributed by atoms with Crippen LogP contribution >= 0.6 is 0 Å². The van der Waals surface area contributed by atoms with Crippen molar-refractivity contribution in [1.82, 2.24) is 5.32 Å². The molecule has 2 aromatic carbocycles. The maximum Gasteiger partial charge on any atom is 0.0101 e. The maximum absolute atomic E-state index is 3.28. The predicted octanol–water partition coefficient (Wildman–Crippen LogP) is 4.86. The van der Waals surface area contributed by atoms with Gasteiger partial charge in [-0.1, -0.05) is 67.9 Å². The quantitative estimate of drug-likeness (QED) is 0.797. The van der Waals surface area contributed by atoms with Gasteiger partial charge in [-0.3, -0.25) is 0 Å². The normalized spacial score (nSPS) is 12.6. The van der Waals surface area contributed by atoms with E-state index in [1.165, 1.54) is 22.3 Å². The van der Waals surface area contributed by atoms with Gasteiger partial charge < -0.3 is 5.32 Å². The number of aryl methyl sites for hydroxylation is 1. The molecule has 0 aliphatic heterocycles. The molecule has 21 heavy (non-hydrogen) atoms. The van der Waals surface area contributed by atoms with E-state index in [9.17, 15) is 0 Å². The van der Waals surface area contributed by atoms with Crippen molar-refractivity contribution >= 4 is 0 Å². The predicted molar refractivity (Wildman–Crippen MR) is 92.1 cm³/mol. The highest BCUT2D eigenvalue weighted by Crippen LogP contribution is 2.29. The molecule has 1 atom stereocenters. The summed E-state index contributed by atoms with van der Waals surface area (Å²) in [6, 6.07) is 18.1. The number of benzene rings is 2. The first-order valence-corrected chi connectivity index (χ1v) is 7.93. The molecule has 0 saturated heterocycles. The standard InChI is InChI=1S/C20H27N/c1-15(2)17-8-10-18(11-9-17)20(12-13-21-4)19-7-5-6-16(3)14-19/h5-11,14-15,20-21H,12-13H2,1-4H3. The molecule has 0 bridgehead atoms. The summed E-state index contributed by atoms with van der Waals surface area (Å²) in [6.07, 6.45) is 1.13. The number of nitrogens with one attached hydrogen (secondary N) is 1. The first kappa shape index (κ1) is 15.8. The summed E-state index contributed by atoms with van der Waals surface area (Å²) >= 11 is 0. The Hall–Kier alpha value is -1.60. The van der Waals surface area contributed by atoms with Crippen molar-refractivity contribution in [2.75, 3.05) is 13.6 Å². The van der Waals surface area contributed by atoms with E-state index in [0.717, 1.165) is 13.0 Å². The van der Waals surface area contributed by atoms with Gasteiger partial charge in [-0.2, -0.15) is 0 Å². The Bertz CT molecular complexity index is 554. The van der Waals surface area contributed by atoms with Crippen LogP contribution in [0.2, 0.25) is 0 Å². The summed E-state index contributed by atoms with van der Waals surface area (Å²) in [7, 11) is 2.02. The van der Waals surface area contributed by atoms with Crippen molar-refractivity contribution in [2.24, 2.45) is 0 Å². The molecule has 2 aromatic rings. The van der Waals surface area contributed by atoms with Crippen LogP contribution < -0.4 is 5.32 Å². The topological polar surface area (TPSA) is 12.0 Å². The van der Waals surface area contributed by atoms with Crippen LogP contribution in [0.25, 0.3) is 0 Å². The number of rotatable bonds is 6. The van der Waals surface area contributed by atoms with Crippen molar-refractivity contribution < 1.29 is 0 Å². The fourth-order valence-electron chi connectivity index (χ4n) is 2.81. The lowest BCUT2D eigenvalue weighted by atomic mass is 9.86. The molecular weight excluding hydrogens is 254 g/mol. The second-order valence-corrected chi connectivity index (χ2v) is 6.18. The van der Waals surface area contributed by atoms with Crippen molar-refractivity contribution in [1.29, 1.82) is 0 Å². The van der Waals surface area contributed by atoms with Gasteiger partial charge in [-0.15, -0.1) is 0 Å². The van der Waals surface area contributed by atoms with Crippen molar-refractivity contribution in [2.45, 2.75) is 39.0 Å². The molecule has 0 heterocycles. The third kappa shape index (κ3) is 4.18. The van der Waals surface area contributed by atoms with E-state index in [0.29, 0.717) is 11.8 Å². The third-order valence-corrected chi connectivity index (χ3v) is 4.13. The summed E-state index contributed by atoms with van der Waals surface area (Å²) in [5.74, 6) is 1.06. The highest BCUT2D eigenvalue weighted by Gasteiger charge is 2.14. The molecule has 0 spiro atoms. The lowest BCUT2D eigenvalue weighted by molar-refractivity contribution is 0.661. The van der Waals surface area contributed by atoms with Crippen LogP contribution in [-0.2, 0) is 0 Å². The molecule has 1 heteroatoms. The number of hydrogen-bond acceptors (Lipinski definition) is 1. The van der Waals surface area contributed by atoms with E-state index in [4.69, 9.17) is 0 Å². The van der Waals surface area contributed by atoms with Gasteiger partial charge in [0, 0.05) is 5.92 Å². The molecule has 1 unspecified atom stereocenters. The van der Waals surface area contributed by atoms with Crippen molar-refractivity contribution in [3.8, 4) is 0 Å². The second-order valence-electron chi connectivity index (χ2n) is 6.18. The van der Waals surface area contributed by atoms with Gasteiger partial charge in [0.1, 0.15) is 0 Å². The summed E-state index contributed by atoms with van der Waals surface area (Å²) < 4.78 is 0. The minimum absolute atomic E-state index is 0.471. The minimum atomic E-state index is 0.471. The van der Waals surface area contributed by atoms with Gasteiger partial charge in [0.05, 0.1) is 0 Å². The molecule has 0 aromatic heterocycles. The van der Waals surface area contributed by atoms with Gasteiger partial charge >= 0.3 is 0 Å². The van der Waals surface area contributed by atoms with Gasteiger partial charge in [0.25, 0.3) is 0 Å². The Kier molecular flexibility index (Phi) is 5.58. The molecule has 112 valence electrons. The molecule has 2 rings (SSSR count). The zero-order valence-electron chi connectivity index (χ0n) is 13.7. The average Bonchev–Trinajstić information content (AvgIpc) is 2.48. The molecule has 0 aliphatic rings. The zero-order valence-corrected chi connectivity index (χ0v) is 13.7. The molecular formula is C20H27N. The van der Waals surface area contributed by atoms with Crippen LogP contribution in [-0.4, -0.2) is 13.6 Å². The Morgan fingerprint density at radius 1 is 0.905 bits per heavy atom. The molecule has 0 radical (unpaired) electrons. The van der Waals surface area contributed by atoms with E-state index in [-0.39, 0.29) is 0 Å². The van der Waals surface area contributed by atoms with Gasteiger partial charge in [-0.05, 0) is 49.5 Å². The Morgan fingerprint density at radius 3 is 2.14 bits per heavy atom. The van der Waals surface area contributed by atoms with E-state index >= 15 is 0 Å². The van der Waals surface area contributed by atoms with Crippen LogP contribution in [0.15, 0.2) is 48.5 Å². The van der Waals surface area contributed by atoms with Crippen LogP contribution in [0.5, 0.6) is 0 Å². The fourth-order valence-corrected chi connectivity index (χ4v) is 2.81. The maximum atomic E-state index is 3.28. The zero-order chi connectivity index (χ0) is 15.2. The monoisotopic (exact) mass is 281 g/mol.